The monoisotopic (exact) mass is 320 g/mol. The molecule has 2 rings (SSSR count). The Morgan fingerprint density at radius 1 is 1.35 bits per heavy atom. The van der Waals surface area contributed by atoms with E-state index in [0.29, 0.717) is 32.2 Å². The standard InChI is InChI=1S/C18H28N2O3/c1-13(2)15-4-6-17(7-5-15)23-11-9-19-18(22)20-10-8-16(12-20)14(3)21/h4-7,13-14,16,21H,8-12H2,1-3H3,(H,19,22)/t14-,16-/m1/s1. The van der Waals surface area contributed by atoms with Crippen molar-refractivity contribution in [2.75, 3.05) is 26.2 Å². The van der Waals surface area contributed by atoms with Crippen molar-refractivity contribution < 1.29 is 14.6 Å². The summed E-state index contributed by atoms with van der Waals surface area (Å²) in [6.07, 6.45) is 0.508. The summed E-state index contributed by atoms with van der Waals surface area (Å²) in [7, 11) is 0. The lowest BCUT2D eigenvalue weighted by Crippen LogP contribution is -2.40. The van der Waals surface area contributed by atoms with Gasteiger partial charge in [-0.25, -0.2) is 4.79 Å². The minimum absolute atomic E-state index is 0.0769. The van der Waals surface area contributed by atoms with E-state index < -0.39 is 0 Å². The Morgan fingerprint density at radius 3 is 2.61 bits per heavy atom. The molecule has 5 heteroatoms. The molecule has 0 spiro atoms. The summed E-state index contributed by atoms with van der Waals surface area (Å²) in [5.74, 6) is 1.52. The summed E-state index contributed by atoms with van der Waals surface area (Å²) >= 11 is 0. The predicted molar refractivity (Wildman–Crippen MR) is 90.8 cm³/mol. The first-order valence-corrected chi connectivity index (χ1v) is 8.41. The first kappa shape index (κ1) is 17.6. The molecule has 0 aliphatic carbocycles. The van der Waals surface area contributed by atoms with Gasteiger partial charge in [0.25, 0.3) is 0 Å². The van der Waals surface area contributed by atoms with Gasteiger partial charge in [-0.05, 0) is 37.0 Å². The van der Waals surface area contributed by atoms with Crippen LogP contribution in [-0.4, -0.2) is 48.4 Å². The molecule has 0 saturated carbocycles. The lowest BCUT2D eigenvalue weighted by Gasteiger charge is -2.18. The average Bonchev–Trinajstić information content (AvgIpc) is 3.02. The molecule has 2 amide bonds. The normalized spacial score (nSPS) is 19.0. The van der Waals surface area contributed by atoms with Crippen LogP contribution in [-0.2, 0) is 0 Å². The van der Waals surface area contributed by atoms with Crippen molar-refractivity contribution in [1.29, 1.82) is 0 Å². The SMILES string of the molecule is CC(C)c1ccc(OCCNC(=O)N2CC[C@@H]([C@@H](C)O)C2)cc1. The highest BCUT2D eigenvalue weighted by atomic mass is 16.5. The number of amides is 2. The molecular formula is C18H28N2O3. The lowest BCUT2D eigenvalue weighted by atomic mass is 10.0. The van der Waals surface area contributed by atoms with Gasteiger partial charge in [0, 0.05) is 19.0 Å². The smallest absolute Gasteiger partial charge is 0.317 e. The second-order valence-electron chi connectivity index (χ2n) is 6.54. The highest BCUT2D eigenvalue weighted by Crippen LogP contribution is 2.20. The minimum atomic E-state index is -0.357. The van der Waals surface area contributed by atoms with E-state index in [1.54, 1.807) is 11.8 Å². The fraction of sp³-hybridized carbons (Fsp3) is 0.611. The lowest BCUT2D eigenvalue weighted by molar-refractivity contribution is 0.129. The number of carbonyl (C=O) groups excluding carboxylic acids is 1. The Kier molecular flexibility index (Phi) is 6.28. The van der Waals surface area contributed by atoms with E-state index in [-0.39, 0.29) is 18.1 Å². The van der Waals surface area contributed by atoms with Crippen LogP contribution in [0.3, 0.4) is 0 Å². The van der Waals surface area contributed by atoms with Crippen molar-refractivity contribution in [2.24, 2.45) is 5.92 Å². The number of rotatable bonds is 6. The summed E-state index contributed by atoms with van der Waals surface area (Å²) < 4.78 is 5.64. The van der Waals surface area contributed by atoms with Crippen molar-refractivity contribution in [3.63, 3.8) is 0 Å². The third kappa shape index (κ3) is 5.13. The third-order valence-electron chi connectivity index (χ3n) is 4.39. The molecule has 1 aromatic rings. The molecular weight excluding hydrogens is 292 g/mol. The zero-order valence-corrected chi connectivity index (χ0v) is 14.3. The van der Waals surface area contributed by atoms with Crippen LogP contribution in [0, 0.1) is 5.92 Å². The maximum atomic E-state index is 12.0. The molecule has 1 aliphatic rings. The largest absolute Gasteiger partial charge is 0.492 e. The Bertz CT molecular complexity index is 499. The Hall–Kier alpha value is -1.75. The quantitative estimate of drug-likeness (QED) is 0.792. The molecule has 5 nitrogen and oxygen atoms in total. The molecule has 1 heterocycles. The van der Waals surface area contributed by atoms with E-state index >= 15 is 0 Å². The van der Waals surface area contributed by atoms with Gasteiger partial charge in [-0.3, -0.25) is 0 Å². The highest BCUT2D eigenvalue weighted by Gasteiger charge is 2.28. The number of likely N-dealkylation sites (tertiary alicyclic amines) is 1. The molecule has 23 heavy (non-hydrogen) atoms. The Labute approximate surface area is 138 Å². The van der Waals surface area contributed by atoms with Crippen molar-refractivity contribution >= 4 is 6.03 Å². The summed E-state index contributed by atoms with van der Waals surface area (Å²) in [6, 6.07) is 7.99. The summed E-state index contributed by atoms with van der Waals surface area (Å²) in [5.41, 5.74) is 1.28. The van der Waals surface area contributed by atoms with Gasteiger partial charge in [0.15, 0.2) is 0 Å². The van der Waals surface area contributed by atoms with Gasteiger partial charge in [-0.15, -0.1) is 0 Å². The van der Waals surface area contributed by atoms with Gasteiger partial charge < -0.3 is 20.1 Å². The molecule has 2 atom stereocenters. The first-order chi connectivity index (χ1) is 11.0. The van der Waals surface area contributed by atoms with Crippen molar-refractivity contribution in [3.05, 3.63) is 29.8 Å². The minimum Gasteiger partial charge on any atom is -0.492 e. The Morgan fingerprint density at radius 2 is 2.04 bits per heavy atom. The van der Waals surface area contributed by atoms with E-state index in [2.05, 4.69) is 31.3 Å². The van der Waals surface area contributed by atoms with Gasteiger partial charge in [0.2, 0.25) is 0 Å². The second kappa shape index (κ2) is 8.20. The number of hydrogen-bond donors (Lipinski definition) is 2. The number of aliphatic hydroxyl groups excluding tert-OH is 1. The van der Waals surface area contributed by atoms with E-state index in [1.165, 1.54) is 5.56 Å². The molecule has 2 N–H and O–H groups in total. The molecule has 0 aromatic heterocycles. The fourth-order valence-corrected chi connectivity index (χ4v) is 2.75. The van der Waals surface area contributed by atoms with Crippen LogP contribution in [0.2, 0.25) is 0 Å². The van der Waals surface area contributed by atoms with Crippen LogP contribution >= 0.6 is 0 Å². The zero-order chi connectivity index (χ0) is 16.8. The number of hydrogen-bond acceptors (Lipinski definition) is 3. The van der Waals surface area contributed by atoms with E-state index in [0.717, 1.165) is 12.2 Å². The van der Waals surface area contributed by atoms with Crippen LogP contribution < -0.4 is 10.1 Å². The number of aliphatic hydroxyl groups is 1. The van der Waals surface area contributed by atoms with Gasteiger partial charge in [0.05, 0.1) is 12.6 Å². The fourth-order valence-electron chi connectivity index (χ4n) is 2.75. The maximum Gasteiger partial charge on any atom is 0.317 e. The highest BCUT2D eigenvalue weighted by molar-refractivity contribution is 5.74. The van der Waals surface area contributed by atoms with Crippen molar-refractivity contribution in [2.45, 2.75) is 39.2 Å². The van der Waals surface area contributed by atoms with Gasteiger partial charge in [-0.2, -0.15) is 0 Å². The molecule has 1 aliphatic heterocycles. The van der Waals surface area contributed by atoms with E-state index in [9.17, 15) is 9.90 Å². The summed E-state index contributed by atoms with van der Waals surface area (Å²) in [5, 5.41) is 12.4. The molecule has 128 valence electrons. The van der Waals surface area contributed by atoms with Crippen LogP contribution in [0.4, 0.5) is 4.79 Å². The number of urea groups is 1. The number of nitrogens with one attached hydrogen (secondary N) is 1. The van der Waals surface area contributed by atoms with Crippen LogP contribution in [0.1, 0.15) is 38.7 Å². The third-order valence-corrected chi connectivity index (χ3v) is 4.39. The predicted octanol–water partition coefficient (Wildman–Crippen LogP) is 2.60. The Balaban J connectivity index is 1.66. The van der Waals surface area contributed by atoms with Crippen LogP contribution in [0.15, 0.2) is 24.3 Å². The molecule has 0 unspecified atom stereocenters. The molecule has 1 saturated heterocycles. The molecule has 1 aromatic carbocycles. The molecule has 0 radical (unpaired) electrons. The second-order valence-corrected chi connectivity index (χ2v) is 6.54. The number of benzene rings is 1. The number of ether oxygens (including phenoxy) is 1. The number of nitrogens with zero attached hydrogens (tertiary/aromatic N) is 1. The number of carbonyl (C=O) groups is 1. The summed E-state index contributed by atoms with van der Waals surface area (Å²) in [4.78, 5) is 13.8. The molecule has 1 fully saturated rings. The van der Waals surface area contributed by atoms with Crippen LogP contribution in [0.5, 0.6) is 5.75 Å². The topological polar surface area (TPSA) is 61.8 Å². The van der Waals surface area contributed by atoms with Gasteiger partial charge in [-0.1, -0.05) is 26.0 Å². The zero-order valence-electron chi connectivity index (χ0n) is 14.3. The van der Waals surface area contributed by atoms with Gasteiger partial charge >= 0.3 is 6.03 Å². The average molecular weight is 320 g/mol. The van der Waals surface area contributed by atoms with Crippen molar-refractivity contribution in [3.8, 4) is 5.75 Å². The van der Waals surface area contributed by atoms with Gasteiger partial charge in [0.1, 0.15) is 12.4 Å². The van der Waals surface area contributed by atoms with Crippen LogP contribution in [0.25, 0.3) is 0 Å². The van der Waals surface area contributed by atoms with E-state index in [4.69, 9.17) is 4.74 Å². The molecule has 0 bridgehead atoms. The summed E-state index contributed by atoms with van der Waals surface area (Å²) in [6.45, 7) is 8.35. The maximum absolute atomic E-state index is 12.0. The van der Waals surface area contributed by atoms with E-state index in [1.807, 2.05) is 12.1 Å². The van der Waals surface area contributed by atoms with Crippen molar-refractivity contribution in [1.82, 2.24) is 10.2 Å². The first-order valence-electron chi connectivity index (χ1n) is 8.41.